The van der Waals surface area contributed by atoms with E-state index in [0.29, 0.717) is 24.0 Å². The monoisotopic (exact) mass is 480 g/mol. The van der Waals surface area contributed by atoms with E-state index in [4.69, 9.17) is 11.1 Å². The molecule has 2 aliphatic rings. The quantitative estimate of drug-likeness (QED) is 0.351. The van der Waals surface area contributed by atoms with Gasteiger partial charge >= 0.3 is 0 Å². The number of guanidine groups is 2. The van der Waals surface area contributed by atoms with Crippen molar-refractivity contribution in [2.24, 2.45) is 16.6 Å². The van der Waals surface area contributed by atoms with Gasteiger partial charge in [-0.2, -0.15) is 40.5 Å². The minimum atomic E-state index is 0. The van der Waals surface area contributed by atoms with Crippen molar-refractivity contribution >= 4 is 52.4 Å². The van der Waals surface area contributed by atoms with Gasteiger partial charge in [-0.1, -0.05) is 52.9 Å². The van der Waals surface area contributed by atoms with Crippen LogP contribution in [0.2, 0.25) is 0 Å². The number of nitrogens with zero attached hydrogens (tertiary/aromatic N) is 3. The van der Waals surface area contributed by atoms with Gasteiger partial charge in [-0.3, -0.25) is 10.4 Å². The van der Waals surface area contributed by atoms with Crippen LogP contribution in [-0.2, 0) is 0 Å². The summed E-state index contributed by atoms with van der Waals surface area (Å²) in [5, 5.41) is 11.5. The Kier molecular flexibility index (Phi) is 18.2. The fourth-order valence-electron chi connectivity index (χ4n) is 4.14. The summed E-state index contributed by atoms with van der Waals surface area (Å²) in [4.78, 5) is 9.03. The van der Waals surface area contributed by atoms with Crippen molar-refractivity contribution in [1.82, 2.24) is 15.1 Å². The molecule has 0 aromatic carbocycles. The van der Waals surface area contributed by atoms with Crippen molar-refractivity contribution in [1.29, 1.82) is 5.41 Å². The molecule has 0 aromatic heterocycles. The molecular weight excluding hydrogens is 432 g/mol. The first-order valence-electron chi connectivity index (χ1n) is 11.2. The highest BCUT2D eigenvalue weighted by Gasteiger charge is 2.29. The third kappa shape index (κ3) is 9.81. The summed E-state index contributed by atoms with van der Waals surface area (Å²) in [6.07, 6.45) is 11.1. The summed E-state index contributed by atoms with van der Waals surface area (Å²) in [5.41, 5.74) is 6.12. The molecule has 0 saturated carbocycles. The molecule has 9 heteroatoms. The Morgan fingerprint density at radius 1 is 1.07 bits per heavy atom. The van der Waals surface area contributed by atoms with Gasteiger partial charge in [0.05, 0.1) is 12.6 Å². The Bertz CT molecular complexity index is 491. The molecule has 2 heterocycles. The fraction of sp³-hybridized carbons (Fsp3) is 0.905. The van der Waals surface area contributed by atoms with Crippen LogP contribution in [0.1, 0.15) is 78.6 Å². The molecule has 0 radical (unpaired) electrons. The van der Waals surface area contributed by atoms with Crippen LogP contribution in [0.5, 0.6) is 0 Å². The molecule has 2 rings (SSSR count). The SMILES string of the molecule is CCCCCCCN1C(N)=NC[C@@H]1CCCCN1C[C@H](C(C)CC)NC1=N.S.S.S. The van der Waals surface area contributed by atoms with Gasteiger partial charge in [0.15, 0.2) is 11.9 Å². The van der Waals surface area contributed by atoms with Crippen molar-refractivity contribution in [2.45, 2.75) is 90.6 Å². The van der Waals surface area contributed by atoms with Crippen molar-refractivity contribution in [3.8, 4) is 0 Å². The van der Waals surface area contributed by atoms with Crippen LogP contribution < -0.4 is 11.1 Å². The summed E-state index contributed by atoms with van der Waals surface area (Å²) in [6.45, 7) is 10.6. The zero-order chi connectivity index (χ0) is 19.6. The molecule has 3 atom stereocenters. The van der Waals surface area contributed by atoms with Crippen LogP contribution in [0, 0.1) is 11.3 Å². The summed E-state index contributed by atoms with van der Waals surface area (Å²) < 4.78 is 0. The van der Waals surface area contributed by atoms with Gasteiger partial charge in [0.2, 0.25) is 0 Å². The lowest BCUT2D eigenvalue weighted by Crippen LogP contribution is -2.41. The summed E-state index contributed by atoms with van der Waals surface area (Å²) in [6, 6.07) is 0.925. The standard InChI is InChI=1S/C21H42N6.3H2S/c1-4-6-7-8-10-14-27-18(15-24-20(27)22)12-9-11-13-26-16-19(17(3)5-2)25-21(26)23;;;/h17-19H,4-16H2,1-3H3,(H2,22,24)(H2,23,25);3*1H2/t17?,18-,19+;;;/m0.../s1. The van der Waals surface area contributed by atoms with E-state index in [1.165, 1.54) is 38.5 Å². The van der Waals surface area contributed by atoms with E-state index in [1.807, 2.05) is 0 Å². The van der Waals surface area contributed by atoms with Gasteiger partial charge in [-0.15, -0.1) is 0 Å². The van der Waals surface area contributed by atoms with Gasteiger partial charge in [0.25, 0.3) is 0 Å². The second-order valence-electron chi connectivity index (χ2n) is 8.39. The number of aliphatic imine (C=N–C) groups is 1. The second-order valence-corrected chi connectivity index (χ2v) is 8.39. The average Bonchev–Trinajstić information content (AvgIpc) is 3.21. The Morgan fingerprint density at radius 2 is 1.73 bits per heavy atom. The first-order valence-corrected chi connectivity index (χ1v) is 11.2. The summed E-state index contributed by atoms with van der Waals surface area (Å²) in [5.74, 6) is 1.99. The summed E-state index contributed by atoms with van der Waals surface area (Å²) >= 11 is 0. The molecular formula is C21H48N6S3. The smallest absolute Gasteiger partial charge is 0.191 e. The molecule has 2 aliphatic heterocycles. The molecule has 1 unspecified atom stereocenters. The van der Waals surface area contributed by atoms with Crippen molar-refractivity contribution < 1.29 is 0 Å². The minimum Gasteiger partial charge on any atom is -0.370 e. The van der Waals surface area contributed by atoms with Crippen LogP contribution in [0.4, 0.5) is 0 Å². The van der Waals surface area contributed by atoms with Gasteiger partial charge in [-0.05, 0) is 31.6 Å². The molecule has 1 fully saturated rings. The second kappa shape index (κ2) is 17.2. The van der Waals surface area contributed by atoms with E-state index >= 15 is 0 Å². The van der Waals surface area contributed by atoms with Gasteiger partial charge in [0.1, 0.15) is 0 Å². The van der Waals surface area contributed by atoms with Crippen LogP contribution >= 0.6 is 40.5 Å². The van der Waals surface area contributed by atoms with E-state index in [1.54, 1.807) is 0 Å². The largest absolute Gasteiger partial charge is 0.370 e. The normalized spacial score (nSPS) is 21.3. The highest BCUT2D eigenvalue weighted by molar-refractivity contribution is 7.59. The maximum atomic E-state index is 8.16. The zero-order valence-corrected chi connectivity index (χ0v) is 22.3. The highest BCUT2D eigenvalue weighted by Crippen LogP contribution is 2.18. The molecule has 0 aromatic rings. The first kappa shape index (κ1) is 31.8. The molecule has 0 amide bonds. The Balaban J connectivity index is 0. The van der Waals surface area contributed by atoms with E-state index in [2.05, 4.69) is 40.9 Å². The maximum absolute atomic E-state index is 8.16. The number of rotatable bonds is 13. The number of nitrogens with one attached hydrogen (secondary N) is 2. The minimum absolute atomic E-state index is 0. The maximum Gasteiger partial charge on any atom is 0.191 e. The van der Waals surface area contributed by atoms with Crippen LogP contribution in [0.3, 0.4) is 0 Å². The van der Waals surface area contributed by atoms with E-state index in [9.17, 15) is 0 Å². The first-order chi connectivity index (χ1) is 13.1. The lowest BCUT2D eigenvalue weighted by molar-refractivity contribution is 0.301. The average molecular weight is 481 g/mol. The Morgan fingerprint density at radius 3 is 2.40 bits per heavy atom. The summed E-state index contributed by atoms with van der Waals surface area (Å²) in [7, 11) is 0. The Labute approximate surface area is 206 Å². The molecule has 6 nitrogen and oxygen atoms in total. The van der Waals surface area contributed by atoms with Crippen LogP contribution in [-0.4, -0.2) is 60.0 Å². The topological polar surface area (TPSA) is 80.7 Å². The Hall–Kier alpha value is -0.410. The highest BCUT2D eigenvalue weighted by atomic mass is 32.1. The lowest BCUT2D eigenvalue weighted by Gasteiger charge is -2.26. The van der Waals surface area contributed by atoms with E-state index < -0.39 is 0 Å². The predicted octanol–water partition coefficient (Wildman–Crippen LogP) is 3.72. The fourth-order valence-corrected chi connectivity index (χ4v) is 4.14. The van der Waals surface area contributed by atoms with Crippen molar-refractivity contribution in [2.75, 3.05) is 26.2 Å². The predicted molar refractivity (Wildman–Crippen MR) is 146 cm³/mol. The molecule has 0 aliphatic carbocycles. The molecule has 0 bridgehead atoms. The number of hydrogen-bond acceptors (Lipinski definition) is 4. The zero-order valence-electron chi connectivity index (χ0n) is 19.3. The third-order valence-corrected chi connectivity index (χ3v) is 6.30. The number of hydrogen-bond donors (Lipinski definition) is 3. The van der Waals surface area contributed by atoms with E-state index in [0.717, 1.165) is 51.4 Å². The molecule has 30 heavy (non-hydrogen) atoms. The molecule has 4 N–H and O–H groups in total. The van der Waals surface area contributed by atoms with Gasteiger partial charge < -0.3 is 20.9 Å². The number of unbranched alkanes of at least 4 members (excludes halogenated alkanes) is 5. The van der Waals surface area contributed by atoms with Crippen LogP contribution in [0.25, 0.3) is 0 Å². The lowest BCUT2D eigenvalue weighted by atomic mass is 10.00. The van der Waals surface area contributed by atoms with E-state index in [-0.39, 0.29) is 40.5 Å². The van der Waals surface area contributed by atoms with Crippen LogP contribution in [0.15, 0.2) is 4.99 Å². The molecule has 180 valence electrons. The molecule has 1 saturated heterocycles. The van der Waals surface area contributed by atoms with Gasteiger partial charge in [-0.25, -0.2) is 0 Å². The third-order valence-electron chi connectivity index (χ3n) is 6.30. The number of nitrogens with two attached hydrogens (primary N) is 1. The van der Waals surface area contributed by atoms with Crippen molar-refractivity contribution in [3.63, 3.8) is 0 Å². The molecule has 0 spiro atoms. The van der Waals surface area contributed by atoms with Crippen molar-refractivity contribution in [3.05, 3.63) is 0 Å². The van der Waals surface area contributed by atoms with Gasteiger partial charge in [0, 0.05) is 25.7 Å².